The standard InChI is InChI=1S/C12H19ClN4O/c1-16(2)6-7-17-12(18)11(13)10(8-14-17)15-9-4-3-5-9/h8-9,15H,3-7H2,1-2H3. The first kappa shape index (κ1) is 13.4. The number of nitrogens with one attached hydrogen (secondary N) is 1. The fourth-order valence-corrected chi connectivity index (χ4v) is 1.99. The van der Waals surface area contributed by atoms with Crippen LogP contribution in [0.5, 0.6) is 0 Å². The molecule has 0 atom stereocenters. The second kappa shape index (κ2) is 5.71. The molecule has 0 saturated heterocycles. The van der Waals surface area contributed by atoms with E-state index in [0.29, 0.717) is 18.3 Å². The van der Waals surface area contributed by atoms with Gasteiger partial charge in [0.1, 0.15) is 5.02 Å². The van der Waals surface area contributed by atoms with E-state index in [2.05, 4.69) is 10.4 Å². The van der Waals surface area contributed by atoms with Crippen molar-refractivity contribution in [3.8, 4) is 0 Å². The summed E-state index contributed by atoms with van der Waals surface area (Å²) in [5.74, 6) is 0. The highest BCUT2D eigenvalue weighted by Crippen LogP contribution is 2.25. The van der Waals surface area contributed by atoms with Gasteiger partial charge < -0.3 is 10.2 Å². The van der Waals surface area contributed by atoms with E-state index in [4.69, 9.17) is 11.6 Å². The summed E-state index contributed by atoms with van der Waals surface area (Å²) in [6, 6.07) is 0.446. The van der Waals surface area contributed by atoms with Crippen molar-refractivity contribution >= 4 is 17.3 Å². The maximum Gasteiger partial charge on any atom is 0.287 e. The van der Waals surface area contributed by atoms with Gasteiger partial charge in [-0.1, -0.05) is 11.6 Å². The van der Waals surface area contributed by atoms with Crippen molar-refractivity contribution in [3.63, 3.8) is 0 Å². The van der Waals surface area contributed by atoms with Crippen LogP contribution in [0.15, 0.2) is 11.0 Å². The smallest absolute Gasteiger partial charge is 0.287 e. The zero-order valence-electron chi connectivity index (χ0n) is 10.8. The number of hydrogen-bond acceptors (Lipinski definition) is 4. The predicted molar refractivity (Wildman–Crippen MR) is 73.3 cm³/mol. The summed E-state index contributed by atoms with van der Waals surface area (Å²) in [6.45, 7) is 1.31. The molecule has 6 heteroatoms. The van der Waals surface area contributed by atoms with Crippen LogP contribution in [0.3, 0.4) is 0 Å². The molecule has 1 fully saturated rings. The lowest BCUT2D eigenvalue weighted by atomic mass is 9.93. The maximum atomic E-state index is 12.0. The summed E-state index contributed by atoms with van der Waals surface area (Å²) in [6.07, 6.45) is 5.17. The molecular formula is C12H19ClN4O. The van der Waals surface area contributed by atoms with Crippen molar-refractivity contribution < 1.29 is 0 Å². The van der Waals surface area contributed by atoms with Gasteiger partial charge in [-0.25, -0.2) is 4.68 Å². The molecule has 5 nitrogen and oxygen atoms in total. The van der Waals surface area contributed by atoms with Gasteiger partial charge in [0.15, 0.2) is 0 Å². The third-order valence-electron chi connectivity index (χ3n) is 3.21. The molecule has 1 aliphatic carbocycles. The summed E-state index contributed by atoms with van der Waals surface area (Å²) in [5.41, 5.74) is 0.440. The van der Waals surface area contributed by atoms with E-state index in [9.17, 15) is 4.79 Å². The molecule has 0 spiro atoms. The van der Waals surface area contributed by atoms with Gasteiger partial charge in [-0.3, -0.25) is 4.79 Å². The lowest BCUT2D eigenvalue weighted by Gasteiger charge is -2.27. The number of rotatable bonds is 5. The van der Waals surface area contributed by atoms with Crippen LogP contribution in [-0.4, -0.2) is 41.4 Å². The third kappa shape index (κ3) is 3.03. The lowest BCUT2D eigenvalue weighted by molar-refractivity contribution is 0.367. The summed E-state index contributed by atoms with van der Waals surface area (Å²) in [7, 11) is 3.92. The molecule has 1 saturated carbocycles. The molecule has 0 aliphatic heterocycles. The Morgan fingerprint density at radius 3 is 2.83 bits per heavy atom. The highest BCUT2D eigenvalue weighted by Gasteiger charge is 2.19. The molecule has 100 valence electrons. The van der Waals surface area contributed by atoms with Gasteiger partial charge in [0, 0.05) is 12.6 Å². The van der Waals surface area contributed by atoms with Gasteiger partial charge in [-0.2, -0.15) is 5.10 Å². The van der Waals surface area contributed by atoms with Crippen molar-refractivity contribution in [3.05, 3.63) is 21.6 Å². The van der Waals surface area contributed by atoms with Gasteiger partial charge >= 0.3 is 0 Å². The number of aromatic nitrogens is 2. The second-order valence-corrected chi connectivity index (χ2v) is 5.35. The largest absolute Gasteiger partial charge is 0.380 e. The Morgan fingerprint density at radius 1 is 1.56 bits per heavy atom. The molecule has 0 radical (unpaired) electrons. The lowest BCUT2D eigenvalue weighted by Crippen LogP contribution is -2.32. The summed E-state index contributed by atoms with van der Waals surface area (Å²) >= 11 is 6.09. The van der Waals surface area contributed by atoms with E-state index in [0.717, 1.165) is 19.4 Å². The SMILES string of the molecule is CN(C)CCn1ncc(NC2CCC2)c(Cl)c1=O. The molecule has 1 aromatic heterocycles. The van der Waals surface area contributed by atoms with Crippen molar-refractivity contribution in [2.45, 2.75) is 31.8 Å². The Kier molecular flexibility index (Phi) is 4.24. The normalized spacial score (nSPS) is 15.8. The molecule has 2 rings (SSSR count). The first-order chi connectivity index (χ1) is 8.58. The Morgan fingerprint density at radius 2 is 2.28 bits per heavy atom. The molecule has 1 heterocycles. The van der Waals surface area contributed by atoms with Crippen molar-refractivity contribution in [2.24, 2.45) is 0 Å². The molecule has 1 aromatic rings. The third-order valence-corrected chi connectivity index (χ3v) is 3.57. The summed E-state index contributed by atoms with van der Waals surface area (Å²) < 4.78 is 1.41. The van der Waals surface area contributed by atoms with Crippen LogP contribution < -0.4 is 10.9 Å². The van der Waals surface area contributed by atoms with Crippen LogP contribution in [0.2, 0.25) is 5.02 Å². The number of anilines is 1. The predicted octanol–water partition coefficient (Wildman–Crippen LogP) is 1.42. The Labute approximate surface area is 112 Å². The quantitative estimate of drug-likeness (QED) is 0.879. The van der Waals surface area contributed by atoms with Crippen molar-refractivity contribution in [2.75, 3.05) is 26.0 Å². The molecule has 0 amide bonds. The Bertz CT molecular complexity index is 468. The first-order valence-electron chi connectivity index (χ1n) is 6.25. The van der Waals surface area contributed by atoms with E-state index in [1.165, 1.54) is 11.1 Å². The summed E-state index contributed by atoms with van der Waals surface area (Å²) in [5, 5.41) is 7.66. The molecule has 18 heavy (non-hydrogen) atoms. The van der Waals surface area contributed by atoms with Crippen LogP contribution >= 0.6 is 11.6 Å². The Balaban J connectivity index is 2.10. The molecular weight excluding hydrogens is 252 g/mol. The van der Waals surface area contributed by atoms with Crippen LogP contribution in [-0.2, 0) is 6.54 Å². The topological polar surface area (TPSA) is 50.2 Å². The van der Waals surface area contributed by atoms with Gasteiger partial charge in [0.05, 0.1) is 18.4 Å². The molecule has 0 bridgehead atoms. The molecule has 1 N–H and O–H groups in total. The monoisotopic (exact) mass is 270 g/mol. The number of hydrogen-bond donors (Lipinski definition) is 1. The van der Waals surface area contributed by atoms with Gasteiger partial charge in [-0.05, 0) is 33.4 Å². The minimum absolute atomic E-state index is 0.220. The van der Waals surface area contributed by atoms with E-state index in [-0.39, 0.29) is 10.6 Å². The van der Waals surface area contributed by atoms with Crippen molar-refractivity contribution in [1.29, 1.82) is 0 Å². The highest BCUT2D eigenvalue weighted by atomic mass is 35.5. The minimum Gasteiger partial charge on any atom is -0.380 e. The van der Waals surface area contributed by atoms with Gasteiger partial charge in [-0.15, -0.1) is 0 Å². The molecule has 0 aromatic carbocycles. The van der Waals surface area contributed by atoms with Crippen LogP contribution in [0.4, 0.5) is 5.69 Å². The fourth-order valence-electron chi connectivity index (χ4n) is 1.79. The number of likely N-dealkylation sites (N-methyl/N-ethyl adjacent to an activating group) is 1. The minimum atomic E-state index is -0.220. The highest BCUT2D eigenvalue weighted by molar-refractivity contribution is 6.32. The average molecular weight is 271 g/mol. The first-order valence-corrected chi connectivity index (χ1v) is 6.62. The average Bonchev–Trinajstić information content (AvgIpc) is 2.27. The Hall–Kier alpha value is -1.07. The zero-order chi connectivity index (χ0) is 13.1. The molecule has 0 unspecified atom stereocenters. The molecule has 1 aliphatic rings. The van der Waals surface area contributed by atoms with E-state index in [1.807, 2.05) is 19.0 Å². The summed E-state index contributed by atoms with van der Waals surface area (Å²) in [4.78, 5) is 14.0. The van der Waals surface area contributed by atoms with Crippen LogP contribution in [0.1, 0.15) is 19.3 Å². The van der Waals surface area contributed by atoms with E-state index in [1.54, 1.807) is 6.20 Å². The second-order valence-electron chi connectivity index (χ2n) is 4.98. The van der Waals surface area contributed by atoms with Crippen LogP contribution in [0.25, 0.3) is 0 Å². The fraction of sp³-hybridized carbons (Fsp3) is 0.667. The van der Waals surface area contributed by atoms with E-state index >= 15 is 0 Å². The van der Waals surface area contributed by atoms with Gasteiger partial charge in [0.2, 0.25) is 0 Å². The number of halogens is 1. The van der Waals surface area contributed by atoms with Gasteiger partial charge in [0.25, 0.3) is 5.56 Å². The van der Waals surface area contributed by atoms with E-state index < -0.39 is 0 Å². The maximum absolute atomic E-state index is 12.0. The number of nitrogens with zero attached hydrogens (tertiary/aromatic N) is 3. The zero-order valence-corrected chi connectivity index (χ0v) is 11.6. The van der Waals surface area contributed by atoms with Crippen molar-refractivity contribution in [1.82, 2.24) is 14.7 Å². The van der Waals surface area contributed by atoms with Crippen LogP contribution in [0, 0.1) is 0 Å².